The van der Waals surface area contributed by atoms with E-state index in [-0.39, 0.29) is 12.5 Å². The maximum Gasteiger partial charge on any atom is 0.305 e. The fraction of sp³-hybridized carbons (Fsp3) is 0.300. The number of halogens is 1. The van der Waals surface area contributed by atoms with E-state index in [9.17, 15) is 4.79 Å². The summed E-state index contributed by atoms with van der Waals surface area (Å²) in [5, 5.41) is 12.5. The highest BCUT2D eigenvalue weighted by Gasteiger charge is 2.21. The van der Waals surface area contributed by atoms with Crippen LogP contribution in [0.15, 0.2) is 23.1 Å². The SMILES string of the molecule is O=C(O)CC1CSc2cccc(Cl)c2N1. The second-order valence-corrected chi connectivity index (χ2v) is 4.83. The Kier molecular flexibility index (Phi) is 3.07. The third kappa shape index (κ3) is 2.38. The molecule has 1 aromatic rings. The zero-order valence-corrected chi connectivity index (χ0v) is 9.44. The van der Waals surface area contributed by atoms with Crippen molar-refractivity contribution in [1.29, 1.82) is 0 Å². The number of para-hydroxylation sites is 1. The van der Waals surface area contributed by atoms with E-state index in [0.717, 1.165) is 16.3 Å². The highest BCUT2D eigenvalue weighted by Crippen LogP contribution is 2.38. The average Bonchev–Trinajstić information content (AvgIpc) is 2.18. The van der Waals surface area contributed by atoms with Crippen molar-refractivity contribution < 1.29 is 9.90 Å². The molecule has 0 radical (unpaired) electrons. The molecule has 3 nitrogen and oxygen atoms in total. The second-order valence-electron chi connectivity index (χ2n) is 3.36. The Hall–Kier alpha value is -0.870. The van der Waals surface area contributed by atoms with Crippen LogP contribution in [-0.2, 0) is 4.79 Å². The molecule has 0 saturated carbocycles. The van der Waals surface area contributed by atoms with Crippen molar-refractivity contribution in [2.75, 3.05) is 11.1 Å². The number of anilines is 1. The molecule has 0 saturated heterocycles. The minimum absolute atomic E-state index is 0.0418. The molecule has 0 aliphatic carbocycles. The van der Waals surface area contributed by atoms with Gasteiger partial charge in [0.1, 0.15) is 0 Å². The summed E-state index contributed by atoms with van der Waals surface area (Å²) in [5.74, 6) is -0.0248. The largest absolute Gasteiger partial charge is 0.481 e. The molecule has 1 aliphatic heterocycles. The van der Waals surface area contributed by atoms with Gasteiger partial charge in [-0.25, -0.2) is 0 Å². The van der Waals surface area contributed by atoms with Gasteiger partial charge in [0.15, 0.2) is 0 Å². The number of hydrogen-bond acceptors (Lipinski definition) is 3. The average molecular weight is 244 g/mol. The van der Waals surface area contributed by atoms with Gasteiger partial charge in [-0.15, -0.1) is 11.8 Å². The van der Waals surface area contributed by atoms with Gasteiger partial charge >= 0.3 is 5.97 Å². The number of carboxylic acids is 1. The zero-order valence-electron chi connectivity index (χ0n) is 7.87. The highest BCUT2D eigenvalue weighted by molar-refractivity contribution is 7.99. The summed E-state index contributed by atoms with van der Waals surface area (Å²) in [5.41, 5.74) is 0.863. The van der Waals surface area contributed by atoms with Gasteiger partial charge in [0.05, 0.1) is 17.1 Å². The summed E-state index contributed by atoms with van der Waals surface area (Å²) in [7, 11) is 0. The lowest BCUT2D eigenvalue weighted by molar-refractivity contribution is -0.137. The fourth-order valence-electron chi connectivity index (χ4n) is 1.52. The van der Waals surface area contributed by atoms with Crippen molar-refractivity contribution in [2.45, 2.75) is 17.4 Å². The third-order valence-corrected chi connectivity index (χ3v) is 3.72. The lowest BCUT2D eigenvalue weighted by Gasteiger charge is -2.26. The van der Waals surface area contributed by atoms with Crippen LogP contribution in [0.25, 0.3) is 0 Å². The Morgan fingerprint density at radius 1 is 1.67 bits per heavy atom. The van der Waals surface area contributed by atoms with Crippen LogP contribution in [0.5, 0.6) is 0 Å². The lowest BCUT2D eigenvalue weighted by Crippen LogP contribution is -2.28. The van der Waals surface area contributed by atoms with E-state index in [4.69, 9.17) is 16.7 Å². The standard InChI is InChI=1S/C10H10ClNO2S/c11-7-2-1-3-8-10(7)12-6(5-15-8)4-9(13)14/h1-3,6,12H,4-5H2,(H,13,14). The smallest absolute Gasteiger partial charge is 0.305 e. The number of carbonyl (C=O) groups is 1. The quantitative estimate of drug-likeness (QED) is 0.839. The van der Waals surface area contributed by atoms with Crippen LogP contribution < -0.4 is 5.32 Å². The first kappa shape index (κ1) is 10.6. The summed E-state index contributed by atoms with van der Waals surface area (Å²) in [6.45, 7) is 0. The number of nitrogens with one attached hydrogen (secondary N) is 1. The van der Waals surface area contributed by atoms with Gasteiger partial charge in [0, 0.05) is 16.7 Å². The van der Waals surface area contributed by atoms with Gasteiger partial charge in [-0.2, -0.15) is 0 Å². The van der Waals surface area contributed by atoms with E-state index in [1.54, 1.807) is 17.8 Å². The van der Waals surface area contributed by atoms with Crippen molar-refractivity contribution in [3.05, 3.63) is 23.2 Å². The molecule has 2 N–H and O–H groups in total. The molecule has 1 aromatic carbocycles. The molecule has 5 heteroatoms. The van der Waals surface area contributed by atoms with Crippen molar-refractivity contribution in [1.82, 2.24) is 0 Å². The first-order valence-corrected chi connectivity index (χ1v) is 5.93. The molecule has 0 fully saturated rings. The van der Waals surface area contributed by atoms with Crippen molar-refractivity contribution in [3.8, 4) is 0 Å². The summed E-state index contributed by atoms with van der Waals surface area (Å²) >= 11 is 7.66. The lowest BCUT2D eigenvalue weighted by atomic mass is 10.2. The first-order chi connectivity index (χ1) is 7.16. The minimum atomic E-state index is -0.788. The minimum Gasteiger partial charge on any atom is -0.481 e. The summed E-state index contributed by atoms with van der Waals surface area (Å²) in [4.78, 5) is 11.7. The van der Waals surface area contributed by atoms with E-state index < -0.39 is 5.97 Å². The Morgan fingerprint density at radius 2 is 2.47 bits per heavy atom. The van der Waals surface area contributed by atoms with Gasteiger partial charge in [0.2, 0.25) is 0 Å². The first-order valence-electron chi connectivity index (χ1n) is 4.56. The Labute approximate surface area is 96.8 Å². The third-order valence-electron chi connectivity index (χ3n) is 2.18. The molecule has 1 heterocycles. The van der Waals surface area contributed by atoms with Gasteiger partial charge in [-0.1, -0.05) is 17.7 Å². The number of hydrogen-bond donors (Lipinski definition) is 2. The molecule has 0 amide bonds. The molecule has 1 unspecified atom stereocenters. The molecule has 0 bridgehead atoms. The number of rotatable bonds is 2. The maximum absolute atomic E-state index is 10.6. The summed E-state index contributed by atoms with van der Waals surface area (Å²) in [6.07, 6.45) is 0.123. The zero-order chi connectivity index (χ0) is 10.8. The molecular formula is C10H10ClNO2S. The molecule has 15 heavy (non-hydrogen) atoms. The second kappa shape index (κ2) is 4.33. The number of thioether (sulfide) groups is 1. The molecule has 0 spiro atoms. The maximum atomic E-state index is 10.6. The van der Waals surface area contributed by atoms with Crippen LogP contribution in [0.2, 0.25) is 5.02 Å². The number of carboxylic acid groups (broad SMARTS) is 1. The number of aliphatic carboxylic acids is 1. The molecule has 1 aliphatic rings. The number of benzene rings is 1. The van der Waals surface area contributed by atoms with Gasteiger partial charge < -0.3 is 10.4 Å². The van der Waals surface area contributed by atoms with E-state index >= 15 is 0 Å². The van der Waals surface area contributed by atoms with Gasteiger partial charge in [0.25, 0.3) is 0 Å². The predicted molar refractivity (Wildman–Crippen MR) is 61.8 cm³/mol. The van der Waals surface area contributed by atoms with Crippen LogP contribution in [0.1, 0.15) is 6.42 Å². The van der Waals surface area contributed by atoms with Crippen molar-refractivity contribution in [3.63, 3.8) is 0 Å². The Bertz CT molecular complexity index is 397. The van der Waals surface area contributed by atoms with Gasteiger partial charge in [-0.3, -0.25) is 4.79 Å². The molecule has 80 valence electrons. The molecule has 0 aromatic heterocycles. The fourth-order valence-corrected chi connectivity index (χ4v) is 2.88. The van der Waals surface area contributed by atoms with E-state index in [1.165, 1.54) is 0 Å². The Morgan fingerprint density at radius 3 is 3.20 bits per heavy atom. The molecule has 2 rings (SSSR count). The molecule has 1 atom stereocenters. The van der Waals surface area contributed by atoms with E-state index in [2.05, 4.69) is 5.32 Å². The van der Waals surface area contributed by atoms with E-state index in [1.807, 2.05) is 12.1 Å². The highest BCUT2D eigenvalue weighted by atomic mass is 35.5. The molecular weight excluding hydrogens is 234 g/mol. The van der Waals surface area contributed by atoms with Crippen LogP contribution in [0.4, 0.5) is 5.69 Å². The van der Waals surface area contributed by atoms with E-state index in [0.29, 0.717) is 5.02 Å². The monoisotopic (exact) mass is 243 g/mol. The predicted octanol–water partition coefficient (Wildman–Crippen LogP) is 2.70. The Balaban J connectivity index is 2.18. The van der Waals surface area contributed by atoms with Crippen LogP contribution in [-0.4, -0.2) is 22.9 Å². The van der Waals surface area contributed by atoms with Crippen molar-refractivity contribution in [2.24, 2.45) is 0 Å². The van der Waals surface area contributed by atoms with Crippen LogP contribution in [0.3, 0.4) is 0 Å². The topological polar surface area (TPSA) is 49.3 Å². The van der Waals surface area contributed by atoms with Crippen LogP contribution >= 0.6 is 23.4 Å². The number of fused-ring (bicyclic) bond motifs is 1. The summed E-state index contributed by atoms with van der Waals surface area (Å²) < 4.78 is 0. The van der Waals surface area contributed by atoms with Gasteiger partial charge in [-0.05, 0) is 12.1 Å². The summed E-state index contributed by atoms with van der Waals surface area (Å²) in [6, 6.07) is 5.64. The van der Waals surface area contributed by atoms with Crippen molar-refractivity contribution >= 4 is 35.0 Å². The van der Waals surface area contributed by atoms with Crippen LogP contribution in [0, 0.1) is 0 Å². The normalized spacial score (nSPS) is 19.1.